The molecule has 0 saturated heterocycles. The highest BCUT2D eigenvalue weighted by Gasteiger charge is 2.29. The van der Waals surface area contributed by atoms with Gasteiger partial charge in [0.25, 0.3) is 5.91 Å². The van der Waals surface area contributed by atoms with Crippen LogP contribution in [0, 0.1) is 0 Å². The SMILES string of the molecule is COc1cc2c(c(OC)c1OC)-c1ccc(OC)c(=O)cc1C(NCc1ccc(/C=C/C(=O)NOCc3ccc(NC(=O)C(CCCNC(N)=O)NC=O)cc3)cc1)CC2. The number of ether oxygens (including phenoxy) is 4. The number of hydroxylamine groups is 1. The molecule has 16 heteroatoms. The van der Waals surface area contributed by atoms with Crippen molar-refractivity contribution in [1.29, 1.82) is 0 Å². The molecule has 5 amide bonds. The molecule has 4 aromatic carbocycles. The standard InChI is InChI=1S/C44H50N6O10/c1-56-37-19-17-32-33(23-36(37)52)34(18-14-30-22-38(57-2)41(58-3)42(59-4)40(30)32)47-24-28-9-7-27(8-10-28)13-20-39(53)50-60-25-29-11-15-31(16-12-29)49-43(54)35(48-26-51)6-5-21-46-44(45)55/h7-13,15-17,19-20,22-23,26,34-35,47H,5-6,14,18,21,24-25H2,1-4H3,(H,48,51)(H,49,54)(H,50,53)(H3,45,46,55)/b20-13+. The first-order valence-electron chi connectivity index (χ1n) is 19.2. The topological polar surface area (TPSA) is 218 Å². The Bertz CT molecular complexity index is 2230. The minimum absolute atomic E-state index is 0.0765. The van der Waals surface area contributed by atoms with E-state index in [2.05, 4.69) is 26.7 Å². The average Bonchev–Trinajstić information content (AvgIpc) is 3.50. The Morgan fingerprint density at radius 2 is 1.58 bits per heavy atom. The van der Waals surface area contributed by atoms with Crippen LogP contribution in [0.15, 0.2) is 83.7 Å². The maximum atomic E-state index is 13.2. The first-order valence-corrected chi connectivity index (χ1v) is 19.2. The van der Waals surface area contributed by atoms with Crippen molar-refractivity contribution in [2.45, 2.75) is 50.9 Å². The van der Waals surface area contributed by atoms with Gasteiger partial charge in [0.1, 0.15) is 6.04 Å². The smallest absolute Gasteiger partial charge is 0.312 e. The number of aryl methyl sites for hydroxylation is 1. The summed E-state index contributed by atoms with van der Waals surface area (Å²) in [6.07, 6.45) is 5.59. The number of amides is 5. The second-order valence-corrected chi connectivity index (χ2v) is 13.7. The van der Waals surface area contributed by atoms with Crippen LogP contribution in [0.4, 0.5) is 10.5 Å². The Labute approximate surface area is 347 Å². The highest BCUT2D eigenvalue weighted by Crippen LogP contribution is 2.50. The molecule has 0 heterocycles. The lowest BCUT2D eigenvalue weighted by atomic mass is 9.95. The van der Waals surface area contributed by atoms with E-state index in [-0.39, 0.29) is 30.4 Å². The minimum Gasteiger partial charge on any atom is -0.493 e. The van der Waals surface area contributed by atoms with Crippen molar-refractivity contribution in [2.75, 3.05) is 40.3 Å². The maximum absolute atomic E-state index is 13.2. The first-order chi connectivity index (χ1) is 29.1. The van der Waals surface area contributed by atoms with E-state index in [9.17, 15) is 24.0 Å². The molecule has 1 aliphatic carbocycles. The largest absolute Gasteiger partial charge is 0.493 e. The quantitative estimate of drug-likeness (QED) is 0.0320. The van der Waals surface area contributed by atoms with Crippen LogP contribution in [0.5, 0.6) is 23.0 Å². The third-order valence-corrected chi connectivity index (χ3v) is 9.87. The molecule has 0 aliphatic heterocycles. The number of nitrogens with one attached hydrogen (secondary N) is 5. The number of hydrogen-bond acceptors (Lipinski definition) is 11. The van der Waals surface area contributed by atoms with E-state index >= 15 is 0 Å². The number of carbonyl (C=O) groups is 4. The predicted octanol–water partition coefficient (Wildman–Crippen LogP) is 4.29. The number of hydrogen-bond donors (Lipinski definition) is 6. The van der Waals surface area contributed by atoms with E-state index in [0.29, 0.717) is 61.6 Å². The van der Waals surface area contributed by atoms with Crippen LogP contribution in [-0.2, 0) is 38.8 Å². The maximum Gasteiger partial charge on any atom is 0.312 e. The Kier molecular flexibility index (Phi) is 16.0. The van der Waals surface area contributed by atoms with E-state index in [1.54, 1.807) is 63.8 Å². The Morgan fingerprint density at radius 1 is 0.867 bits per heavy atom. The normalized spacial score (nSPS) is 13.4. The summed E-state index contributed by atoms with van der Waals surface area (Å²) in [6, 6.07) is 20.0. The zero-order valence-corrected chi connectivity index (χ0v) is 33.9. The highest BCUT2D eigenvalue weighted by molar-refractivity contribution is 5.95. The van der Waals surface area contributed by atoms with Gasteiger partial charge in [-0.05, 0) is 95.5 Å². The number of rotatable bonds is 20. The number of methoxy groups -OCH3 is 4. The van der Waals surface area contributed by atoms with Gasteiger partial charge in [-0.2, -0.15) is 0 Å². The number of carbonyl (C=O) groups excluding carboxylic acids is 4. The van der Waals surface area contributed by atoms with Gasteiger partial charge < -0.3 is 45.9 Å². The number of fused-ring (bicyclic) bond motifs is 3. The Balaban J connectivity index is 1.15. The van der Waals surface area contributed by atoms with Crippen LogP contribution in [0.1, 0.15) is 53.1 Å². The van der Waals surface area contributed by atoms with E-state index < -0.39 is 23.9 Å². The molecule has 5 rings (SSSR count). The molecule has 0 saturated carbocycles. The van der Waals surface area contributed by atoms with Crippen molar-refractivity contribution in [3.63, 3.8) is 0 Å². The lowest BCUT2D eigenvalue weighted by Crippen LogP contribution is -2.40. The van der Waals surface area contributed by atoms with Gasteiger partial charge in [-0.1, -0.05) is 42.5 Å². The van der Waals surface area contributed by atoms with Gasteiger partial charge in [-0.15, -0.1) is 0 Å². The molecule has 0 bridgehead atoms. The third kappa shape index (κ3) is 11.6. The number of benzene rings is 3. The minimum atomic E-state index is -0.791. The third-order valence-electron chi connectivity index (χ3n) is 9.87. The number of anilines is 1. The monoisotopic (exact) mass is 822 g/mol. The summed E-state index contributed by atoms with van der Waals surface area (Å²) in [5, 5.41) is 11.3. The summed E-state index contributed by atoms with van der Waals surface area (Å²) in [4.78, 5) is 65.6. The molecule has 316 valence electrons. The summed E-state index contributed by atoms with van der Waals surface area (Å²) in [6.45, 7) is 0.859. The predicted molar refractivity (Wildman–Crippen MR) is 226 cm³/mol. The molecule has 0 radical (unpaired) electrons. The highest BCUT2D eigenvalue weighted by atomic mass is 16.6. The molecule has 60 heavy (non-hydrogen) atoms. The van der Waals surface area contributed by atoms with Gasteiger partial charge in [0, 0.05) is 36.5 Å². The van der Waals surface area contributed by atoms with Gasteiger partial charge in [-0.3, -0.25) is 24.0 Å². The lowest BCUT2D eigenvalue weighted by Gasteiger charge is -2.20. The van der Waals surface area contributed by atoms with E-state index in [4.69, 9.17) is 29.5 Å². The van der Waals surface area contributed by atoms with Gasteiger partial charge in [0.2, 0.25) is 23.5 Å². The zero-order chi connectivity index (χ0) is 43.0. The van der Waals surface area contributed by atoms with Crippen molar-refractivity contribution >= 4 is 36.0 Å². The fourth-order valence-corrected chi connectivity index (χ4v) is 6.87. The fourth-order valence-electron chi connectivity index (χ4n) is 6.87. The van der Waals surface area contributed by atoms with Crippen molar-refractivity contribution < 1.29 is 43.0 Å². The molecule has 7 N–H and O–H groups in total. The average molecular weight is 823 g/mol. The summed E-state index contributed by atoms with van der Waals surface area (Å²) in [5.74, 6) is 0.915. The summed E-state index contributed by atoms with van der Waals surface area (Å²) < 4.78 is 22.6. The number of nitrogens with two attached hydrogens (primary N) is 1. The van der Waals surface area contributed by atoms with E-state index in [1.807, 2.05) is 36.4 Å². The molecule has 0 fully saturated rings. The van der Waals surface area contributed by atoms with Crippen LogP contribution >= 0.6 is 0 Å². The van der Waals surface area contributed by atoms with Crippen LogP contribution in [0.3, 0.4) is 0 Å². The number of urea groups is 1. The molecule has 0 aromatic heterocycles. The summed E-state index contributed by atoms with van der Waals surface area (Å²) in [7, 11) is 6.21. The number of primary amides is 1. The van der Waals surface area contributed by atoms with Crippen LogP contribution in [0.25, 0.3) is 17.2 Å². The van der Waals surface area contributed by atoms with Gasteiger partial charge in [0.15, 0.2) is 17.2 Å². The van der Waals surface area contributed by atoms with E-state index in [1.165, 1.54) is 13.2 Å². The van der Waals surface area contributed by atoms with Crippen molar-refractivity contribution in [1.82, 2.24) is 21.4 Å². The first kappa shape index (κ1) is 44.2. The van der Waals surface area contributed by atoms with Crippen LogP contribution in [-0.4, -0.2) is 65.3 Å². The lowest BCUT2D eigenvalue weighted by molar-refractivity contribution is -0.129. The van der Waals surface area contributed by atoms with Crippen molar-refractivity contribution in [3.05, 3.63) is 117 Å². The van der Waals surface area contributed by atoms with Crippen molar-refractivity contribution in [2.24, 2.45) is 5.73 Å². The molecule has 16 nitrogen and oxygen atoms in total. The molecule has 4 aromatic rings. The zero-order valence-electron chi connectivity index (χ0n) is 33.9. The second-order valence-electron chi connectivity index (χ2n) is 13.7. The molecule has 2 atom stereocenters. The summed E-state index contributed by atoms with van der Waals surface area (Å²) >= 11 is 0. The summed E-state index contributed by atoms with van der Waals surface area (Å²) in [5.41, 5.74) is 13.7. The molecule has 1 aliphatic rings. The molecule has 2 unspecified atom stereocenters. The Morgan fingerprint density at radius 3 is 2.25 bits per heavy atom. The second kappa shape index (κ2) is 21.7. The van der Waals surface area contributed by atoms with Crippen LogP contribution in [0.2, 0.25) is 0 Å². The molecular formula is C44H50N6O10. The van der Waals surface area contributed by atoms with Gasteiger partial charge in [0.05, 0.1) is 35.0 Å². The molecular weight excluding hydrogens is 773 g/mol. The van der Waals surface area contributed by atoms with E-state index in [0.717, 1.165) is 38.9 Å². The molecule has 0 spiro atoms. The van der Waals surface area contributed by atoms with Gasteiger partial charge >= 0.3 is 6.03 Å². The Hall–Kier alpha value is -6.91. The van der Waals surface area contributed by atoms with Gasteiger partial charge in [-0.25, -0.2) is 10.3 Å². The fraction of sp³-hybridized carbons (Fsp3) is 0.295. The van der Waals surface area contributed by atoms with Crippen LogP contribution < -0.4 is 56.9 Å². The van der Waals surface area contributed by atoms with Crippen molar-refractivity contribution in [3.8, 4) is 34.1 Å².